The molecule has 0 amide bonds. The number of hydrogen-bond acceptors (Lipinski definition) is 11. The Labute approximate surface area is 381 Å². The summed E-state index contributed by atoms with van der Waals surface area (Å²) in [5.74, 6) is 56.4. The number of aromatic nitrogens is 5. The van der Waals surface area contributed by atoms with E-state index in [9.17, 15) is 14.9 Å². The lowest BCUT2D eigenvalue weighted by Gasteiger charge is -2.35. The van der Waals surface area contributed by atoms with Gasteiger partial charge < -0.3 is 20.7 Å². The number of rotatable bonds is 7. The highest BCUT2D eigenvalue weighted by Gasteiger charge is 2.23. The van der Waals surface area contributed by atoms with Crippen molar-refractivity contribution in [1.29, 1.82) is 5.26 Å². The summed E-state index contributed by atoms with van der Waals surface area (Å²) in [6.07, 6.45) is 8.50. The highest BCUT2D eigenvalue weighted by molar-refractivity contribution is 5.89. The first-order chi connectivity index (χ1) is 31.2. The van der Waals surface area contributed by atoms with Crippen molar-refractivity contribution in [2.24, 2.45) is 26.7 Å². The second-order valence-electron chi connectivity index (χ2n) is 11.9. The van der Waals surface area contributed by atoms with Crippen molar-refractivity contribution >= 4 is 16.7 Å². The number of terminal acetylenes is 1. The summed E-state index contributed by atoms with van der Waals surface area (Å²) in [5.41, 5.74) is 4.63. The first-order valence-corrected chi connectivity index (χ1v) is 18.1. The van der Waals surface area contributed by atoms with Gasteiger partial charge in [0, 0.05) is 73.1 Å². The summed E-state index contributed by atoms with van der Waals surface area (Å²) < 4.78 is 8.75. The highest BCUT2D eigenvalue weighted by atomic mass is 16.7. The molecular formula is C46H48N14O4. The van der Waals surface area contributed by atoms with Gasteiger partial charge in [-0.25, -0.2) is 14.8 Å². The van der Waals surface area contributed by atoms with E-state index in [0.29, 0.717) is 23.4 Å². The third-order valence-electron chi connectivity index (χ3n) is 7.29. The smallest absolute Gasteiger partial charge is 0.352 e. The molecule has 3 N–H and O–H groups in total. The SMILES string of the molecule is C#CC#CC#CC#CC#CC#CC#CC#CC#CC#CC#CC.C[C@@H]1CN(Cc2cnc3c(c2)c2ncnn2c(=O)n3Cc2ccc(C#N)cc2)C[C@H](C)O1.NN=NN=NN[N+](=O)[O-].[HH].[HH].[HH].[HH].[HH].[HH].[HH].[HH].[HH]. The second kappa shape index (κ2) is 28.2. The fourth-order valence-corrected chi connectivity index (χ4v) is 5.15. The van der Waals surface area contributed by atoms with Gasteiger partial charge in [-0.2, -0.15) is 14.9 Å². The number of hydrazine groups is 1. The molecule has 0 bridgehead atoms. The van der Waals surface area contributed by atoms with Crippen LogP contribution < -0.4 is 17.1 Å². The molecule has 326 valence electrons. The number of nitrogens with one attached hydrogen (secondary N) is 1. The fourth-order valence-electron chi connectivity index (χ4n) is 5.15. The Morgan fingerprint density at radius 3 is 1.89 bits per heavy atom. The molecule has 1 aliphatic rings. The molecule has 3 aromatic heterocycles. The van der Waals surface area contributed by atoms with Gasteiger partial charge in [-0.05, 0) is 145 Å². The molecular weight excluding hydrogens is 813 g/mol. The van der Waals surface area contributed by atoms with Crippen LogP contribution in [0.5, 0.6) is 0 Å². The standard InChI is InChI=1S/C23H23N7O2.C23H4.H3N7O2.9H2/c1-15-10-28(11-16(2)32-15)12-19-7-20-21(25-9-19)29(23(31)30-22(20)26-14-27-30)13-18-5-3-17(8-24)4-6-18;1-3-5-7-9-11-13-15-17-19-21-23-22-20-18-16-14-12-10-8-6-4-2;1-2-3-4-5-6-7(8)9;;;;;;;;;/h3-7,9,14-16H,10-13H2,1-2H3;1H,2H3;(H2,1,3,5)(H,2,4,6);9*1H/t15-,16+;;;;;;;;;;;. The average molecular weight is 861 g/mol. The molecule has 0 radical (unpaired) electrons. The summed E-state index contributed by atoms with van der Waals surface area (Å²) in [6, 6.07) is 11.3. The van der Waals surface area contributed by atoms with Crippen LogP contribution in [0.2, 0.25) is 0 Å². The maximum absolute atomic E-state index is 13.1. The van der Waals surface area contributed by atoms with Crippen LogP contribution >= 0.6 is 0 Å². The molecule has 18 heteroatoms. The monoisotopic (exact) mass is 860 g/mol. The van der Waals surface area contributed by atoms with Crippen molar-refractivity contribution in [3.05, 3.63) is 80.1 Å². The third kappa shape index (κ3) is 17.7. The first kappa shape index (κ1) is 48.1. The maximum Gasteiger partial charge on any atom is 0.352 e. The molecule has 1 aromatic carbocycles. The molecule has 64 heavy (non-hydrogen) atoms. The molecule has 18 nitrogen and oxygen atoms in total. The van der Waals surface area contributed by atoms with Crippen molar-refractivity contribution in [1.82, 2.24) is 34.6 Å². The van der Waals surface area contributed by atoms with Crippen LogP contribution in [0.3, 0.4) is 0 Å². The molecule has 2 atom stereocenters. The second-order valence-corrected chi connectivity index (χ2v) is 11.9. The zero-order valence-corrected chi connectivity index (χ0v) is 34.2. The van der Waals surface area contributed by atoms with E-state index >= 15 is 0 Å². The number of morpholine rings is 1. The van der Waals surface area contributed by atoms with Crippen LogP contribution in [0.4, 0.5) is 0 Å². The van der Waals surface area contributed by atoms with Gasteiger partial charge in [-0.1, -0.05) is 23.3 Å². The highest BCUT2D eigenvalue weighted by Crippen LogP contribution is 2.20. The van der Waals surface area contributed by atoms with Gasteiger partial charge >= 0.3 is 5.69 Å². The molecule has 5 rings (SSSR count). The van der Waals surface area contributed by atoms with Gasteiger partial charge in [-0.3, -0.25) is 9.47 Å². The van der Waals surface area contributed by atoms with Crippen LogP contribution in [0.25, 0.3) is 16.7 Å². The van der Waals surface area contributed by atoms with Gasteiger partial charge in [0.05, 0.1) is 40.8 Å². The number of nitrogens with zero attached hydrogens (tertiary/aromatic N) is 12. The molecule has 0 unspecified atom stereocenters. The van der Waals surface area contributed by atoms with Crippen molar-refractivity contribution in [2.75, 3.05) is 13.1 Å². The predicted octanol–water partition coefficient (Wildman–Crippen LogP) is 4.23. The van der Waals surface area contributed by atoms with E-state index in [1.165, 1.54) is 16.4 Å². The zero-order valence-electron chi connectivity index (χ0n) is 34.2. The topological polar surface area (TPSA) is 232 Å². The quantitative estimate of drug-likeness (QED) is 0.0878. The van der Waals surface area contributed by atoms with E-state index in [4.69, 9.17) is 16.4 Å². The van der Waals surface area contributed by atoms with Crippen molar-refractivity contribution in [3.8, 4) is 137 Å². The van der Waals surface area contributed by atoms with Gasteiger partial charge in [-0.15, -0.1) is 6.42 Å². The number of benzene rings is 1. The van der Waals surface area contributed by atoms with Gasteiger partial charge in [0.15, 0.2) is 10.9 Å². The van der Waals surface area contributed by atoms with E-state index in [0.717, 1.165) is 36.1 Å². The molecule has 4 heterocycles. The lowest BCUT2D eigenvalue weighted by molar-refractivity contribution is -0.546. The van der Waals surface area contributed by atoms with Crippen LogP contribution in [0.1, 0.15) is 50.3 Å². The zero-order chi connectivity index (χ0) is 46.2. The van der Waals surface area contributed by atoms with Crippen LogP contribution in [-0.4, -0.2) is 59.4 Å². The Morgan fingerprint density at radius 2 is 1.39 bits per heavy atom. The van der Waals surface area contributed by atoms with Crippen LogP contribution in [0.15, 0.2) is 68.5 Å². The molecule has 4 aromatic rings. The molecule has 0 aliphatic carbocycles. The largest absolute Gasteiger partial charge is 0.373 e. The minimum absolute atomic E-state index is 0. The summed E-state index contributed by atoms with van der Waals surface area (Å²) in [7, 11) is 0. The number of ether oxygens (including phenoxy) is 1. The van der Waals surface area contributed by atoms with Crippen LogP contribution in [0, 0.1) is 152 Å². The number of pyridine rings is 1. The number of hydrogen-bond donors (Lipinski definition) is 2. The summed E-state index contributed by atoms with van der Waals surface area (Å²) >= 11 is 0. The van der Waals surface area contributed by atoms with Crippen LogP contribution in [-0.2, 0) is 17.8 Å². The molecule has 1 aliphatic heterocycles. The minimum atomic E-state index is -0.907. The Kier molecular flexibility index (Phi) is 21.2. The summed E-state index contributed by atoms with van der Waals surface area (Å²) in [5, 5.41) is 33.2. The Balaban J connectivity index is -0.000000190. The number of nitriles is 1. The maximum atomic E-state index is 13.1. The summed E-state index contributed by atoms with van der Waals surface area (Å²) in [4.78, 5) is 33.9. The van der Waals surface area contributed by atoms with Crippen molar-refractivity contribution in [3.63, 3.8) is 0 Å². The lowest BCUT2D eigenvalue weighted by atomic mass is 10.1. The molecule has 0 saturated carbocycles. The normalized spacial score (nSPS) is 12.6. The van der Waals surface area contributed by atoms with Crippen molar-refractivity contribution in [2.45, 2.75) is 46.1 Å². The third-order valence-corrected chi connectivity index (χ3v) is 7.29. The average Bonchev–Trinajstić information content (AvgIpc) is 3.79. The number of fused-ring (bicyclic) bond motifs is 3. The van der Waals surface area contributed by atoms with E-state index in [1.807, 2.05) is 24.4 Å². The predicted molar refractivity (Wildman–Crippen MR) is 253 cm³/mol. The first-order valence-electron chi connectivity index (χ1n) is 18.1. The van der Waals surface area contributed by atoms with Gasteiger partial charge in [0.1, 0.15) is 17.2 Å². The van der Waals surface area contributed by atoms with E-state index in [1.54, 1.807) is 23.6 Å². The fraction of sp³-hybridized carbons (Fsp3) is 0.196. The Bertz CT molecular complexity index is 3270. The molecule has 1 saturated heterocycles. The number of nitro groups is 1. The molecule has 0 spiro atoms. The van der Waals surface area contributed by atoms with E-state index in [2.05, 4.69) is 191 Å². The molecule has 1 fully saturated rings. The van der Waals surface area contributed by atoms with Gasteiger partial charge in [0.2, 0.25) is 0 Å². The van der Waals surface area contributed by atoms with E-state index in [-0.39, 0.29) is 30.7 Å². The van der Waals surface area contributed by atoms with Crippen molar-refractivity contribution < 1.29 is 22.6 Å². The number of nitrogens with two attached hydrogens (primary N) is 1. The minimum Gasteiger partial charge on any atom is -0.373 e. The Morgan fingerprint density at radius 1 is 0.844 bits per heavy atom. The van der Waals surface area contributed by atoms with Gasteiger partial charge in [0.25, 0.3) is 0 Å². The lowest BCUT2D eigenvalue weighted by Crippen LogP contribution is -2.44. The van der Waals surface area contributed by atoms with E-state index < -0.39 is 5.03 Å². The Hall–Kier alpha value is -10.2. The summed E-state index contributed by atoms with van der Waals surface area (Å²) in [6.45, 7) is 8.66.